The third-order valence-corrected chi connectivity index (χ3v) is 24.9. The van der Waals surface area contributed by atoms with Gasteiger partial charge in [-0.15, -0.1) is 0 Å². The molecule has 9 rings (SSSR count). The Morgan fingerprint density at radius 2 is 0.750 bits per heavy atom. The van der Waals surface area contributed by atoms with Crippen LogP contribution in [0.4, 0.5) is 0 Å². The number of benzene rings is 1. The van der Waals surface area contributed by atoms with Gasteiger partial charge in [0.25, 0.3) is 0 Å². The molecule has 0 radical (unpaired) electrons. The second kappa shape index (κ2) is 5.29. The molecule has 162 valence electrons. The SMILES string of the molecule is C[Si](C)(C)C12[C-]3C1(c1cccc(C45[C-]6C4([Si](C)(C)C)C65[Si](C)(C)C)c1)C32[Si](C)(C)C.[Li+].[Li+]. The third kappa shape index (κ3) is 1.61. The summed E-state index contributed by atoms with van der Waals surface area (Å²) in [6, 6.07) is 10.3. The van der Waals surface area contributed by atoms with E-state index in [-0.39, 0.29) is 37.7 Å². The Balaban J connectivity index is 0.00000108. The zero-order valence-electron chi connectivity index (χ0n) is 23.3. The van der Waals surface area contributed by atoms with Crippen molar-refractivity contribution in [2.24, 2.45) is 0 Å². The van der Waals surface area contributed by atoms with Gasteiger partial charge in [0.2, 0.25) is 0 Å². The topological polar surface area (TPSA) is 0 Å². The molecule has 8 aliphatic carbocycles. The molecular weight excluding hydrogens is 439 g/mol. The molecule has 0 amide bonds. The van der Waals surface area contributed by atoms with Crippen LogP contribution in [0.25, 0.3) is 0 Å². The average molecular weight is 479 g/mol. The summed E-state index contributed by atoms with van der Waals surface area (Å²) < 4.78 is 0. The summed E-state index contributed by atoms with van der Waals surface area (Å²) in [5.41, 5.74) is 4.62. The van der Waals surface area contributed by atoms with Gasteiger partial charge in [0.05, 0.1) is 0 Å². The first-order chi connectivity index (χ1) is 13.4. The maximum Gasteiger partial charge on any atom is 1.00 e. The van der Waals surface area contributed by atoms with E-state index in [0.29, 0.717) is 31.0 Å². The molecule has 1 aromatic carbocycles. The molecule has 32 heavy (non-hydrogen) atoms. The fourth-order valence-electron chi connectivity index (χ4n) is 11.3. The smallest absolute Gasteiger partial charge is 0.309 e. The van der Waals surface area contributed by atoms with Gasteiger partial charge in [-0.05, 0) is 0 Å². The van der Waals surface area contributed by atoms with E-state index in [4.69, 9.17) is 0 Å². The van der Waals surface area contributed by atoms with E-state index in [9.17, 15) is 0 Å². The van der Waals surface area contributed by atoms with E-state index in [1.54, 1.807) is 11.1 Å². The van der Waals surface area contributed by atoms with Gasteiger partial charge in [-0.1, -0.05) is 114 Å². The van der Waals surface area contributed by atoms with Crippen molar-refractivity contribution in [2.45, 2.75) is 110 Å². The molecule has 0 spiro atoms. The molecule has 8 aliphatic rings. The van der Waals surface area contributed by atoms with Crippen molar-refractivity contribution in [2.75, 3.05) is 0 Å². The molecule has 0 nitrogen and oxygen atoms in total. The zero-order chi connectivity index (χ0) is 22.1. The summed E-state index contributed by atoms with van der Waals surface area (Å²) in [6.45, 7) is 31.9. The maximum atomic E-state index is 2.77. The first-order valence-corrected chi connectivity index (χ1v) is 26.3. The normalized spacial score (nSPS) is 48.6. The molecule has 0 bridgehead atoms. The Morgan fingerprint density at radius 3 is 0.938 bits per heavy atom. The Labute approximate surface area is 225 Å². The van der Waals surface area contributed by atoms with E-state index in [1.165, 1.54) is 0 Å². The number of hydrogen-bond acceptors (Lipinski definition) is 0. The maximum absolute atomic E-state index is 2.77. The number of hydrogen-bond donors (Lipinski definition) is 0. The van der Waals surface area contributed by atoms with Crippen LogP contribution < -0.4 is 37.7 Å². The third-order valence-electron chi connectivity index (χ3n) is 11.4. The first kappa shape index (κ1) is 25.0. The summed E-state index contributed by atoms with van der Waals surface area (Å²) in [5.74, 6) is 4.08. The molecule has 8 fully saturated rings. The summed E-state index contributed by atoms with van der Waals surface area (Å²) in [5, 5.41) is 2.81. The Morgan fingerprint density at radius 1 is 0.500 bits per heavy atom. The minimum atomic E-state index is -1.19. The fraction of sp³-hybridized carbons (Fsp3) is 0.692. The summed E-state index contributed by atoms with van der Waals surface area (Å²) in [7, 11) is -4.76. The van der Waals surface area contributed by atoms with Gasteiger partial charge in [-0.25, -0.2) is 20.2 Å². The molecule has 0 aromatic heterocycles. The minimum Gasteiger partial charge on any atom is -0.309 e. The number of rotatable bonds is 6. The zero-order valence-corrected chi connectivity index (χ0v) is 27.3. The Bertz CT molecular complexity index is 963. The Kier molecular flexibility index (Phi) is 4.12. The molecule has 1 aromatic rings. The van der Waals surface area contributed by atoms with Crippen LogP contribution in [0.1, 0.15) is 11.1 Å². The summed E-state index contributed by atoms with van der Waals surface area (Å²) in [4.78, 5) is 0. The van der Waals surface area contributed by atoms with Crippen molar-refractivity contribution >= 4 is 32.3 Å². The van der Waals surface area contributed by atoms with Crippen LogP contribution >= 0.6 is 0 Å². The second-order valence-corrected chi connectivity index (χ2v) is 36.8. The van der Waals surface area contributed by atoms with Crippen molar-refractivity contribution < 1.29 is 37.7 Å². The van der Waals surface area contributed by atoms with Crippen LogP contribution in [-0.4, -0.2) is 32.3 Å². The van der Waals surface area contributed by atoms with Crippen LogP contribution in [0.15, 0.2) is 24.3 Å². The monoisotopic (exact) mass is 478 g/mol. The van der Waals surface area contributed by atoms with Crippen LogP contribution in [0.5, 0.6) is 0 Å². The molecular formula is C26H40Li2Si4. The van der Waals surface area contributed by atoms with Crippen molar-refractivity contribution in [1.82, 2.24) is 0 Å². The van der Waals surface area contributed by atoms with Crippen molar-refractivity contribution in [3.8, 4) is 0 Å². The van der Waals surface area contributed by atoms with E-state index in [0.717, 1.165) is 0 Å². The van der Waals surface area contributed by atoms with Gasteiger partial charge < -0.3 is 11.8 Å². The fourth-order valence-corrected chi connectivity index (χ4v) is 32.2. The summed E-state index contributed by atoms with van der Waals surface area (Å²) >= 11 is 0. The molecule has 4 atom stereocenters. The quantitative estimate of drug-likeness (QED) is 0.431. The van der Waals surface area contributed by atoms with Gasteiger partial charge in [-0.3, -0.25) is 0 Å². The molecule has 0 heterocycles. The molecule has 0 N–H and O–H groups in total. The predicted octanol–water partition coefficient (Wildman–Crippen LogP) is 1.72. The van der Waals surface area contributed by atoms with E-state index >= 15 is 0 Å². The van der Waals surface area contributed by atoms with E-state index < -0.39 is 32.3 Å². The molecule has 0 aliphatic heterocycles. The van der Waals surface area contributed by atoms with Crippen LogP contribution in [0, 0.1) is 11.8 Å². The van der Waals surface area contributed by atoms with Gasteiger partial charge in [0, 0.05) is 32.3 Å². The minimum absolute atomic E-state index is 0. The Hall–Kier alpha value is 1.28. The second-order valence-electron chi connectivity index (χ2n) is 15.8. The van der Waals surface area contributed by atoms with Gasteiger partial charge in [0.1, 0.15) is 0 Å². The predicted molar refractivity (Wildman–Crippen MR) is 140 cm³/mol. The van der Waals surface area contributed by atoms with Gasteiger partial charge >= 0.3 is 37.7 Å². The van der Waals surface area contributed by atoms with Crippen LogP contribution in [0.3, 0.4) is 0 Å². The van der Waals surface area contributed by atoms with Crippen LogP contribution in [0.2, 0.25) is 98.7 Å². The van der Waals surface area contributed by atoms with Crippen LogP contribution in [-0.2, 0) is 10.8 Å². The van der Waals surface area contributed by atoms with E-state index in [1.807, 2.05) is 11.8 Å². The van der Waals surface area contributed by atoms with Gasteiger partial charge in [-0.2, -0.15) is 10.8 Å². The molecule has 0 saturated heterocycles. The first-order valence-electron chi connectivity index (χ1n) is 12.3. The van der Waals surface area contributed by atoms with Crippen molar-refractivity contribution in [1.29, 1.82) is 0 Å². The molecule has 8 saturated carbocycles. The average Bonchev–Trinajstić information content (AvgIpc) is 3.30. The van der Waals surface area contributed by atoms with Gasteiger partial charge in [0.15, 0.2) is 0 Å². The molecule has 4 unspecified atom stereocenters. The van der Waals surface area contributed by atoms with Crippen molar-refractivity contribution in [3.05, 3.63) is 47.2 Å². The molecule has 6 heteroatoms. The standard InChI is InChI=1S/C26H40Si4.2Li/c1-27(2,3)23-19-21(23,24(19,23)28(4,5)6)17-14-13-15-18(16-17)22-20-25(22,29(7,8)9)26(20,22)30(10,11)12;;/h13-16H,1-12H3;;/q-2;2*+1. The van der Waals surface area contributed by atoms with Crippen molar-refractivity contribution in [3.63, 3.8) is 0 Å². The largest absolute Gasteiger partial charge is 1.00 e. The van der Waals surface area contributed by atoms with E-state index in [2.05, 4.69) is 103 Å². The summed E-state index contributed by atoms with van der Waals surface area (Å²) in [6.07, 6.45) is 0.